The first kappa shape index (κ1) is 13.8. The van der Waals surface area contributed by atoms with Crippen LogP contribution in [-0.2, 0) is 0 Å². The standard InChI is InChI=1S/C15H16N2O.ClH/c1-9-2-3-10(6-15(9)18)14-5-4-11(8-17-14)12-7-13(12)16;/h2-6,8,12-13,18H,7,16H2,1H3;1H. The first-order valence-electron chi connectivity index (χ1n) is 6.16. The van der Waals surface area contributed by atoms with Crippen LogP contribution >= 0.6 is 12.4 Å². The highest BCUT2D eigenvalue weighted by Crippen LogP contribution is 2.39. The van der Waals surface area contributed by atoms with E-state index in [0.717, 1.165) is 23.2 Å². The first-order chi connectivity index (χ1) is 8.65. The zero-order valence-corrected chi connectivity index (χ0v) is 11.5. The minimum absolute atomic E-state index is 0. The third-order valence-corrected chi connectivity index (χ3v) is 3.56. The first-order valence-corrected chi connectivity index (χ1v) is 6.16. The maximum Gasteiger partial charge on any atom is 0.119 e. The normalized spacial score (nSPS) is 20.7. The van der Waals surface area contributed by atoms with Crippen LogP contribution < -0.4 is 5.73 Å². The smallest absolute Gasteiger partial charge is 0.119 e. The molecule has 4 heteroatoms. The van der Waals surface area contributed by atoms with Crippen LogP contribution in [-0.4, -0.2) is 16.1 Å². The second-order valence-corrected chi connectivity index (χ2v) is 4.98. The predicted octanol–water partition coefficient (Wildman–Crippen LogP) is 3.00. The van der Waals surface area contributed by atoms with Gasteiger partial charge in [0.15, 0.2) is 0 Å². The van der Waals surface area contributed by atoms with Crippen LogP contribution in [0.25, 0.3) is 11.3 Å². The van der Waals surface area contributed by atoms with Gasteiger partial charge in [0.1, 0.15) is 5.75 Å². The maximum atomic E-state index is 9.70. The van der Waals surface area contributed by atoms with Crippen LogP contribution in [0.3, 0.4) is 0 Å². The van der Waals surface area contributed by atoms with Crippen LogP contribution in [0, 0.1) is 6.92 Å². The number of aryl methyl sites for hydroxylation is 1. The molecule has 0 radical (unpaired) electrons. The lowest BCUT2D eigenvalue weighted by atomic mass is 10.1. The molecule has 3 nitrogen and oxygen atoms in total. The van der Waals surface area contributed by atoms with E-state index in [1.54, 1.807) is 6.07 Å². The Morgan fingerprint density at radius 3 is 2.53 bits per heavy atom. The molecule has 1 aliphatic rings. The number of nitrogens with zero attached hydrogens (tertiary/aromatic N) is 1. The molecule has 3 N–H and O–H groups in total. The van der Waals surface area contributed by atoms with Crippen LogP contribution in [0.1, 0.15) is 23.5 Å². The van der Waals surface area contributed by atoms with E-state index in [9.17, 15) is 5.11 Å². The number of pyridine rings is 1. The second-order valence-electron chi connectivity index (χ2n) is 4.98. The van der Waals surface area contributed by atoms with E-state index in [1.165, 1.54) is 5.56 Å². The summed E-state index contributed by atoms with van der Waals surface area (Å²) in [4.78, 5) is 4.45. The molecular formula is C15H17ClN2O. The summed E-state index contributed by atoms with van der Waals surface area (Å²) in [5.74, 6) is 0.792. The molecule has 2 unspecified atom stereocenters. The molecule has 1 heterocycles. The fraction of sp³-hybridized carbons (Fsp3) is 0.267. The largest absolute Gasteiger partial charge is 0.508 e. The summed E-state index contributed by atoms with van der Waals surface area (Å²) in [6.45, 7) is 1.88. The van der Waals surface area contributed by atoms with Crippen molar-refractivity contribution in [2.75, 3.05) is 0 Å². The van der Waals surface area contributed by atoms with E-state index in [1.807, 2.05) is 31.3 Å². The lowest BCUT2D eigenvalue weighted by Gasteiger charge is -2.05. The fourth-order valence-corrected chi connectivity index (χ4v) is 2.16. The Kier molecular flexibility index (Phi) is 3.78. The minimum atomic E-state index is 0. The summed E-state index contributed by atoms with van der Waals surface area (Å²) in [7, 11) is 0. The van der Waals surface area contributed by atoms with Crippen molar-refractivity contribution in [1.29, 1.82) is 0 Å². The molecule has 0 aliphatic heterocycles. The second kappa shape index (κ2) is 5.19. The third kappa shape index (κ3) is 2.72. The quantitative estimate of drug-likeness (QED) is 0.886. The Hall–Kier alpha value is -1.58. The molecule has 0 amide bonds. The molecule has 2 atom stereocenters. The molecule has 1 saturated carbocycles. The van der Waals surface area contributed by atoms with Crippen molar-refractivity contribution in [2.45, 2.75) is 25.3 Å². The number of halogens is 1. The van der Waals surface area contributed by atoms with Gasteiger partial charge in [0.25, 0.3) is 0 Å². The molecule has 0 saturated heterocycles. The summed E-state index contributed by atoms with van der Waals surface area (Å²) in [5.41, 5.74) is 9.72. The van der Waals surface area contributed by atoms with E-state index in [-0.39, 0.29) is 12.4 Å². The molecule has 100 valence electrons. The Bertz CT molecular complexity index is 583. The Labute approximate surface area is 118 Å². The maximum absolute atomic E-state index is 9.70. The van der Waals surface area contributed by atoms with Crippen molar-refractivity contribution in [1.82, 2.24) is 4.98 Å². The van der Waals surface area contributed by atoms with Crippen molar-refractivity contribution in [3.8, 4) is 17.0 Å². The number of phenols is 1. The molecule has 19 heavy (non-hydrogen) atoms. The van der Waals surface area contributed by atoms with Crippen LogP contribution in [0.4, 0.5) is 0 Å². The average molecular weight is 277 g/mol. The van der Waals surface area contributed by atoms with Gasteiger partial charge in [0, 0.05) is 23.7 Å². The Morgan fingerprint density at radius 2 is 2.00 bits per heavy atom. The van der Waals surface area contributed by atoms with Gasteiger partial charge in [-0.25, -0.2) is 0 Å². The number of phenolic OH excluding ortho intramolecular Hbond substituents is 1. The Balaban J connectivity index is 0.00000133. The molecule has 1 aromatic heterocycles. The van der Waals surface area contributed by atoms with Crippen molar-refractivity contribution in [3.63, 3.8) is 0 Å². The number of benzene rings is 1. The van der Waals surface area contributed by atoms with Crippen molar-refractivity contribution in [2.24, 2.45) is 5.73 Å². The van der Waals surface area contributed by atoms with Gasteiger partial charge in [-0.2, -0.15) is 0 Å². The zero-order chi connectivity index (χ0) is 12.7. The summed E-state index contributed by atoms with van der Waals surface area (Å²) >= 11 is 0. The Morgan fingerprint density at radius 1 is 1.26 bits per heavy atom. The average Bonchev–Trinajstić information content (AvgIpc) is 3.10. The summed E-state index contributed by atoms with van der Waals surface area (Å²) in [6, 6.07) is 10.00. The van der Waals surface area contributed by atoms with Crippen LogP contribution in [0.5, 0.6) is 5.75 Å². The van der Waals surface area contributed by atoms with Gasteiger partial charge in [-0.05, 0) is 36.6 Å². The molecule has 2 aromatic rings. The molecule has 0 bridgehead atoms. The van der Waals surface area contributed by atoms with Gasteiger partial charge in [-0.1, -0.05) is 18.2 Å². The van der Waals surface area contributed by atoms with E-state index < -0.39 is 0 Å². The summed E-state index contributed by atoms with van der Waals surface area (Å²) in [5, 5.41) is 9.70. The predicted molar refractivity (Wildman–Crippen MR) is 78.7 cm³/mol. The summed E-state index contributed by atoms with van der Waals surface area (Å²) in [6.07, 6.45) is 2.95. The molecule has 1 aliphatic carbocycles. The van der Waals surface area contributed by atoms with E-state index in [2.05, 4.69) is 11.1 Å². The highest BCUT2D eigenvalue weighted by molar-refractivity contribution is 5.85. The van der Waals surface area contributed by atoms with Gasteiger partial charge in [-0.15, -0.1) is 12.4 Å². The van der Waals surface area contributed by atoms with Gasteiger partial charge in [0.2, 0.25) is 0 Å². The molecule has 0 spiro atoms. The molecule has 3 rings (SSSR count). The fourth-order valence-electron chi connectivity index (χ4n) is 2.16. The summed E-state index contributed by atoms with van der Waals surface area (Å²) < 4.78 is 0. The molecular weight excluding hydrogens is 260 g/mol. The molecule has 1 aromatic carbocycles. The third-order valence-electron chi connectivity index (χ3n) is 3.56. The van der Waals surface area contributed by atoms with Gasteiger partial charge in [0.05, 0.1) is 5.69 Å². The number of aromatic nitrogens is 1. The molecule has 1 fully saturated rings. The lowest BCUT2D eigenvalue weighted by molar-refractivity contribution is 0.471. The van der Waals surface area contributed by atoms with Gasteiger partial charge in [-0.3, -0.25) is 4.98 Å². The van der Waals surface area contributed by atoms with E-state index in [0.29, 0.717) is 17.7 Å². The minimum Gasteiger partial charge on any atom is -0.508 e. The van der Waals surface area contributed by atoms with E-state index in [4.69, 9.17) is 5.73 Å². The van der Waals surface area contributed by atoms with Crippen molar-refractivity contribution >= 4 is 12.4 Å². The highest BCUT2D eigenvalue weighted by atomic mass is 35.5. The lowest BCUT2D eigenvalue weighted by Crippen LogP contribution is -2.01. The van der Waals surface area contributed by atoms with Crippen molar-refractivity contribution < 1.29 is 5.11 Å². The number of aromatic hydroxyl groups is 1. The van der Waals surface area contributed by atoms with Gasteiger partial charge < -0.3 is 10.8 Å². The van der Waals surface area contributed by atoms with Crippen molar-refractivity contribution in [3.05, 3.63) is 47.7 Å². The number of rotatable bonds is 2. The zero-order valence-electron chi connectivity index (χ0n) is 10.7. The topological polar surface area (TPSA) is 59.1 Å². The van der Waals surface area contributed by atoms with E-state index >= 15 is 0 Å². The van der Waals surface area contributed by atoms with Gasteiger partial charge >= 0.3 is 0 Å². The number of nitrogens with two attached hydrogens (primary N) is 1. The van der Waals surface area contributed by atoms with Crippen LogP contribution in [0.15, 0.2) is 36.5 Å². The number of hydrogen-bond acceptors (Lipinski definition) is 3. The highest BCUT2D eigenvalue weighted by Gasteiger charge is 2.34. The number of hydrogen-bond donors (Lipinski definition) is 2. The SMILES string of the molecule is Cc1ccc(-c2ccc(C3CC3N)cn2)cc1O.Cl. The van der Waals surface area contributed by atoms with Crippen LogP contribution in [0.2, 0.25) is 0 Å². The monoisotopic (exact) mass is 276 g/mol.